The molecule has 166 valence electrons. The van der Waals surface area contributed by atoms with Crippen LogP contribution in [0, 0.1) is 40.4 Å². The summed E-state index contributed by atoms with van der Waals surface area (Å²) in [6.07, 6.45) is 11.1. The maximum absolute atomic E-state index is 10.7. The van der Waals surface area contributed by atoms with Crippen molar-refractivity contribution in [3.8, 4) is 0 Å². The second-order valence-corrected chi connectivity index (χ2v) is 11.4. The quantitative estimate of drug-likeness (QED) is 0.520. The number of oxime groups is 1. The number of nitrogens with zero attached hydrogens (tertiary/aromatic N) is 2. The predicted molar refractivity (Wildman–Crippen MR) is 119 cm³/mol. The summed E-state index contributed by atoms with van der Waals surface area (Å²) in [4.78, 5) is 7.88. The van der Waals surface area contributed by atoms with Crippen molar-refractivity contribution in [2.75, 3.05) is 27.2 Å². The molecule has 0 aromatic heterocycles. The van der Waals surface area contributed by atoms with Gasteiger partial charge in [-0.1, -0.05) is 25.9 Å². The SMILES string of the molecule is CC[C@@H]1/C(=N/OCCN(C)C)CC[C@@]2(C)C1CC[C@H]1[C@@H]3CC[C@H](O)[C@@]3(C)CC[C@@H]12. The van der Waals surface area contributed by atoms with Crippen LogP contribution in [-0.4, -0.2) is 49.1 Å². The van der Waals surface area contributed by atoms with Crippen molar-refractivity contribution in [2.45, 2.75) is 84.7 Å². The van der Waals surface area contributed by atoms with Crippen LogP contribution in [0.1, 0.15) is 78.6 Å². The zero-order valence-electron chi connectivity index (χ0n) is 19.5. The highest BCUT2D eigenvalue weighted by Crippen LogP contribution is 2.66. The summed E-state index contributed by atoms with van der Waals surface area (Å²) >= 11 is 0. The maximum atomic E-state index is 10.7. The number of fused-ring (bicyclic) bond motifs is 5. The van der Waals surface area contributed by atoms with Crippen molar-refractivity contribution in [3.63, 3.8) is 0 Å². The Kier molecular flexibility index (Phi) is 6.07. The maximum Gasteiger partial charge on any atom is 0.129 e. The van der Waals surface area contributed by atoms with Gasteiger partial charge in [0.2, 0.25) is 0 Å². The van der Waals surface area contributed by atoms with Gasteiger partial charge in [0.1, 0.15) is 6.61 Å². The standard InChI is InChI=1S/C25H44N2O2/c1-6-17-19-8-7-18-20-9-10-23(28)25(20,3)13-11-21(18)24(19,2)14-12-22(17)26-29-16-15-27(4)5/h17-21,23,28H,6-16H2,1-5H3/b26-22+/t17-,18-,19?,20-,21-,23-,24-,25-/m0/s1. The average molecular weight is 405 g/mol. The first-order valence-electron chi connectivity index (χ1n) is 12.3. The molecule has 0 radical (unpaired) electrons. The van der Waals surface area contributed by atoms with Gasteiger partial charge in [0.05, 0.1) is 11.8 Å². The van der Waals surface area contributed by atoms with Gasteiger partial charge in [-0.2, -0.15) is 0 Å². The Balaban J connectivity index is 1.50. The molecule has 4 heteroatoms. The van der Waals surface area contributed by atoms with Crippen LogP contribution < -0.4 is 0 Å². The number of aliphatic hydroxyl groups excluding tert-OH is 1. The molecule has 0 heterocycles. The van der Waals surface area contributed by atoms with Crippen molar-refractivity contribution < 1.29 is 9.94 Å². The summed E-state index contributed by atoms with van der Waals surface area (Å²) in [6.45, 7) is 8.97. The molecule has 0 saturated heterocycles. The Morgan fingerprint density at radius 3 is 2.45 bits per heavy atom. The molecule has 4 fully saturated rings. The number of aliphatic hydroxyl groups is 1. The average Bonchev–Trinajstić information content (AvgIpc) is 2.99. The van der Waals surface area contributed by atoms with Crippen LogP contribution in [0.5, 0.6) is 0 Å². The second-order valence-electron chi connectivity index (χ2n) is 11.4. The monoisotopic (exact) mass is 404 g/mol. The fourth-order valence-electron chi connectivity index (χ4n) is 8.29. The van der Waals surface area contributed by atoms with Crippen molar-refractivity contribution in [3.05, 3.63) is 0 Å². The summed E-state index contributed by atoms with van der Waals surface area (Å²) < 4.78 is 0. The Hall–Kier alpha value is -0.610. The highest BCUT2D eigenvalue weighted by molar-refractivity contribution is 5.87. The van der Waals surface area contributed by atoms with E-state index < -0.39 is 0 Å². The Morgan fingerprint density at radius 2 is 1.72 bits per heavy atom. The molecule has 0 aliphatic heterocycles. The van der Waals surface area contributed by atoms with Gasteiger partial charge in [-0.25, -0.2) is 0 Å². The van der Waals surface area contributed by atoms with Crippen LogP contribution in [0.15, 0.2) is 5.16 Å². The summed E-state index contributed by atoms with van der Waals surface area (Å²) in [5.74, 6) is 3.78. The van der Waals surface area contributed by atoms with Crippen LogP contribution >= 0.6 is 0 Å². The summed E-state index contributed by atoms with van der Waals surface area (Å²) in [7, 11) is 4.16. The van der Waals surface area contributed by atoms with E-state index in [-0.39, 0.29) is 11.5 Å². The van der Waals surface area contributed by atoms with E-state index in [1.807, 2.05) is 0 Å². The molecule has 4 aliphatic carbocycles. The van der Waals surface area contributed by atoms with Gasteiger partial charge in [-0.3, -0.25) is 0 Å². The van der Waals surface area contributed by atoms with Crippen molar-refractivity contribution in [2.24, 2.45) is 45.6 Å². The van der Waals surface area contributed by atoms with Gasteiger partial charge in [0.25, 0.3) is 0 Å². The van der Waals surface area contributed by atoms with Crippen LogP contribution in [-0.2, 0) is 4.84 Å². The summed E-state index contributed by atoms with van der Waals surface area (Å²) in [5.41, 5.74) is 1.97. The molecule has 1 unspecified atom stereocenters. The molecule has 4 aliphatic rings. The third kappa shape index (κ3) is 3.56. The third-order valence-corrected chi connectivity index (χ3v) is 9.98. The second kappa shape index (κ2) is 8.15. The van der Waals surface area contributed by atoms with E-state index in [4.69, 9.17) is 4.84 Å². The molecule has 0 aromatic carbocycles. The van der Waals surface area contributed by atoms with Crippen LogP contribution in [0.3, 0.4) is 0 Å². The molecule has 0 spiro atoms. The lowest BCUT2D eigenvalue weighted by atomic mass is 9.43. The highest BCUT2D eigenvalue weighted by atomic mass is 16.6. The van der Waals surface area contributed by atoms with E-state index in [0.29, 0.717) is 17.9 Å². The molecule has 29 heavy (non-hydrogen) atoms. The molecule has 4 saturated carbocycles. The van der Waals surface area contributed by atoms with Gasteiger partial charge in [-0.05, 0) is 106 Å². The lowest BCUT2D eigenvalue weighted by molar-refractivity contribution is -0.121. The van der Waals surface area contributed by atoms with Gasteiger partial charge in [-0.15, -0.1) is 0 Å². The van der Waals surface area contributed by atoms with Crippen molar-refractivity contribution in [1.82, 2.24) is 4.90 Å². The van der Waals surface area contributed by atoms with E-state index in [0.717, 1.165) is 43.1 Å². The zero-order valence-corrected chi connectivity index (χ0v) is 19.5. The number of likely N-dealkylation sites (N-methyl/N-ethyl adjacent to an activating group) is 1. The van der Waals surface area contributed by atoms with Gasteiger partial charge in [0, 0.05) is 12.5 Å². The fourth-order valence-corrected chi connectivity index (χ4v) is 8.29. The van der Waals surface area contributed by atoms with Crippen molar-refractivity contribution in [1.29, 1.82) is 0 Å². The minimum absolute atomic E-state index is 0.0632. The fraction of sp³-hybridized carbons (Fsp3) is 0.960. The van der Waals surface area contributed by atoms with Crippen LogP contribution in [0.2, 0.25) is 0 Å². The number of hydrogen-bond acceptors (Lipinski definition) is 4. The molecular weight excluding hydrogens is 360 g/mol. The predicted octanol–water partition coefficient (Wildman–Crippen LogP) is 4.96. The first-order chi connectivity index (χ1) is 13.8. The normalized spacial score (nSPS) is 48.3. The molecule has 0 bridgehead atoms. The first kappa shape index (κ1) is 21.6. The molecule has 8 atom stereocenters. The molecule has 4 rings (SSSR count). The van der Waals surface area contributed by atoms with E-state index in [9.17, 15) is 5.11 Å². The molecule has 0 amide bonds. The zero-order chi connectivity index (χ0) is 20.8. The Bertz CT molecular complexity index is 620. The number of hydrogen-bond donors (Lipinski definition) is 1. The minimum atomic E-state index is -0.0632. The van der Waals surface area contributed by atoms with E-state index in [2.05, 4.69) is 44.9 Å². The third-order valence-electron chi connectivity index (χ3n) is 9.98. The summed E-state index contributed by atoms with van der Waals surface area (Å²) in [6, 6.07) is 0. The van der Waals surface area contributed by atoms with Gasteiger partial charge >= 0.3 is 0 Å². The highest BCUT2D eigenvalue weighted by Gasteiger charge is 2.61. The molecular formula is C25H44N2O2. The smallest absolute Gasteiger partial charge is 0.129 e. The molecule has 4 nitrogen and oxygen atoms in total. The molecule has 1 N–H and O–H groups in total. The van der Waals surface area contributed by atoms with E-state index >= 15 is 0 Å². The van der Waals surface area contributed by atoms with Crippen LogP contribution in [0.4, 0.5) is 0 Å². The number of rotatable bonds is 5. The first-order valence-corrected chi connectivity index (χ1v) is 12.3. The lowest BCUT2D eigenvalue weighted by Gasteiger charge is -2.61. The van der Waals surface area contributed by atoms with E-state index in [1.165, 1.54) is 50.7 Å². The Labute approximate surface area is 178 Å². The van der Waals surface area contributed by atoms with Gasteiger partial charge in [0.15, 0.2) is 0 Å². The van der Waals surface area contributed by atoms with E-state index in [1.54, 1.807) is 0 Å². The Morgan fingerprint density at radius 1 is 1.00 bits per heavy atom. The van der Waals surface area contributed by atoms with Crippen LogP contribution in [0.25, 0.3) is 0 Å². The summed E-state index contributed by atoms with van der Waals surface area (Å²) in [5, 5.41) is 15.4. The lowest BCUT2D eigenvalue weighted by Crippen LogP contribution is -2.56. The van der Waals surface area contributed by atoms with Gasteiger partial charge < -0.3 is 14.8 Å². The molecule has 0 aromatic rings. The topological polar surface area (TPSA) is 45.1 Å². The van der Waals surface area contributed by atoms with Crippen molar-refractivity contribution >= 4 is 5.71 Å². The minimum Gasteiger partial charge on any atom is -0.394 e. The largest absolute Gasteiger partial charge is 0.394 e.